The van der Waals surface area contributed by atoms with E-state index in [0.717, 1.165) is 34.4 Å². The second-order valence-corrected chi connectivity index (χ2v) is 10.2. The maximum Gasteiger partial charge on any atom is 0.323 e. The quantitative estimate of drug-likeness (QED) is 0.166. The van der Waals surface area contributed by atoms with Gasteiger partial charge in [0.05, 0.1) is 19.3 Å². The van der Waals surface area contributed by atoms with Crippen LogP contribution in [-0.4, -0.2) is 30.8 Å². The molecule has 0 amide bonds. The molecule has 0 saturated heterocycles. The highest BCUT2D eigenvalue weighted by atomic mass is 16.5. The smallest absolute Gasteiger partial charge is 0.323 e. The van der Waals surface area contributed by atoms with E-state index < -0.39 is 11.6 Å². The van der Waals surface area contributed by atoms with E-state index in [1.54, 1.807) is 19.2 Å². The number of allylic oxidation sites excluding steroid dienone is 2. The molecule has 0 fully saturated rings. The van der Waals surface area contributed by atoms with Crippen molar-refractivity contribution in [1.29, 1.82) is 0 Å². The Balaban J connectivity index is 1.54. The fourth-order valence-corrected chi connectivity index (χ4v) is 5.35. The number of phenolic OH excluding ortho intramolecular Hbond substituents is 1. The minimum Gasteiger partial charge on any atom is -0.508 e. The lowest BCUT2D eigenvalue weighted by molar-refractivity contribution is -0.147. The van der Waals surface area contributed by atoms with Crippen molar-refractivity contribution in [2.75, 3.05) is 13.7 Å². The first kappa shape index (κ1) is 27.9. The molecular weight excluding hydrogens is 510 g/mol. The Hall–Kier alpha value is -4.61. The highest BCUT2D eigenvalue weighted by Crippen LogP contribution is 2.37. The van der Waals surface area contributed by atoms with Gasteiger partial charge in [-0.25, -0.2) is 0 Å². The van der Waals surface area contributed by atoms with Crippen LogP contribution in [0, 0.1) is 5.92 Å². The predicted molar refractivity (Wildman–Crippen MR) is 161 cm³/mol. The number of benzene rings is 4. The summed E-state index contributed by atoms with van der Waals surface area (Å²) in [5.41, 5.74) is 3.09. The van der Waals surface area contributed by atoms with Gasteiger partial charge in [-0.05, 0) is 59.4 Å². The third-order valence-electron chi connectivity index (χ3n) is 7.50. The average Bonchev–Trinajstić information content (AvgIpc) is 3.04. The van der Waals surface area contributed by atoms with Crippen LogP contribution in [0.1, 0.15) is 28.7 Å². The summed E-state index contributed by atoms with van der Waals surface area (Å²) in [6.07, 6.45) is 7.07. The summed E-state index contributed by atoms with van der Waals surface area (Å²) in [7, 11) is 1.65. The van der Waals surface area contributed by atoms with E-state index in [1.807, 2.05) is 85.0 Å². The van der Waals surface area contributed by atoms with Gasteiger partial charge in [-0.15, -0.1) is 0 Å². The summed E-state index contributed by atoms with van der Waals surface area (Å²) in [5, 5.41) is 13.7. The van der Waals surface area contributed by atoms with Crippen molar-refractivity contribution in [1.82, 2.24) is 5.32 Å². The maximum atomic E-state index is 14.0. The molecule has 0 saturated carbocycles. The van der Waals surface area contributed by atoms with Crippen LogP contribution in [0.3, 0.4) is 0 Å². The van der Waals surface area contributed by atoms with Crippen LogP contribution in [-0.2, 0) is 26.2 Å². The molecule has 1 aliphatic carbocycles. The first-order valence-electron chi connectivity index (χ1n) is 13.9. The molecule has 4 aromatic carbocycles. The molecule has 0 spiro atoms. The zero-order valence-electron chi connectivity index (χ0n) is 23.1. The predicted octanol–water partition coefficient (Wildman–Crippen LogP) is 6.53. The van der Waals surface area contributed by atoms with Gasteiger partial charge in [-0.3, -0.25) is 10.1 Å². The molecule has 0 radical (unpaired) electrons. The highest BCUT2D eigenvalue weighted by Gasteiger charge is 2.40. The number of nitrogens with one attached hydrogen (secondary N) is 1. The molecule has 0 aliphatic heterocycles. The van der Waals surface area contributed by atoms with Crippen molar-refractivity contribution in [3.63, 3.8) is 0 Å². The summed E-state index contributed by atoms with van der Waals surface area (Å²) >= 11 is 0. The SMILES string of the molecule is COC1=CCC(COC(=O)C(Cc2ccc(O)cc2)NC(c2ccccc2)(c2ccccc2)c2ccccc2)C=C1. The number of carbonyl (C=O) groups excluding carboxylic acids is 1. The fraction of sp³-hybridized carbons (Fsp3) is 0.194. The molecule has 2 N–H and O–H groups in total. The van der Waals surface area contributed by atoms with Gasteiger partial charge in [-0.1, -0.05) is 109 Å². The summed E-state index contributed by atoms with van der Waals surface area (Å²) in [5.74, 6) is 0.743. The molecule has 0 bridgehead atoms. The number of phenols is 1. The van der Waals surface area contributed by atoms with Gasteiger partial charge in [0.2, 0.25) is 0 Å². The minimum absolute atomic E-state index is 0.0781. The van der Waals surface area contributed by atoms with Crippen LogP contribution in [0.5, 0.6) is 5.75 Å². The Bertz CT molecular complexity index is 1370. The summed E-state index contributed by atoms with van der Waals surface area (Å²) in [6, 6.07) is 36.9. The van der Waals surface area contributed by atoms with E-state index in [4.69, 9.17) is 9.47 Å². The van der Waals surface area contributed by atoms with Crippen molar-refractivity contribution in [3.05, 3.63) is 162 Å². The lowest BCUT2D eigenvalue weighted by Crippen LogP contribution is -2.54. The van der Waals surface area contributed by atoms with Gasteiger partial charge in [0, 0.05) is 5.92 Å². The van der Waals surface area contributed by atoms with Gasteiger partial charge in [0.15, 0.2) is 0 Å². The minimum atomic E-state index is -0.842. The molecule has 5 heteroatoms. The topological polar surface area (TPSA) is 67.8 Å². The molecule has 4 aromatic rings. The van der Waals surface area contributed by atoms with Crippen LogP contribution >= 0.6 is 0 Å². The van der Waals surface area contributed by atoms with Gasteiger partial charge in [0.25, 0.3) is 0 Å². The van der Waals surface area contributed by atoms with E-state index in [0.29, 0.717) is 6.42 Å². The van der Waals surface area contributed by atoms with Gasteiger partial charge in [0.1, 0.15) is 17.6 Å². The first-order chi connectivity index (χ1) is 20.1. The van der Waals surface area contributed by atoms with E-state index in [1.165, 1.54) is 0 Å². The largest absolute Gasteiger partial charge is 0.508 e. The van der Waals surface area contributed by atoms with Crippen molar-refractivity contribution in [3.8, 4) is 5.75 Å². The molecular formula is C36H35NO4. The number of esters is 1. The first-order valence-corrected chi connectivity index (χ1v) is 13.9. The Labute approximate surface area is 241 Å². The van der Waals surface area contributed by atoms with Crippen LogP contribution in [0.4, 0.5) is 0 Å². The Morgan fingerprint density at radius 3 is 1.85 bits per heavy atom. The van der Waals surface area contributed by atoms with Gasteiger partial charge in [-0.2, -0.15) is 0 Å². The summed E-state index contributed by atoms with van der Waals surface area (Å²) in [4.78, 5) is 14.0. The number of methoxy groups -OCH3 is 1. The molecule has 5 rings (SSSR count). The van der Waals surface area contributed by atoms with Crippen molar-refractivity contribution in [2.24, 2.45) is 5.92 Å². The van der Waals surface area contributed by atoms with E-state index in [2.05, 4.69) is 41.7 Å². The highest BCUT2D eigenvalue weighted by molar-refractivity contribution is 5.77. The second kappa shape index (κ2) is 13.2. The van der Waals surface area contributed by atoms with E-state index in [-0.39, 0.29) is 24.2 Å². The number of ether oxygens (including phenoxy) is 2. The molecule has 41 heavy (non-hydrogen) atoms. The standard InChI is InChI=1S/C36H35NO4/c1-40-33-23-19-28(20-24-33)26-41-35(39)34(25-27-17-21-32(38)22-18-27)37-36(29-11-5-2-6-12-29,30-13-7-3-8-14-30)31-15-9-4-10-16-31/h2-19,21-24,28,34,37-38H,20,25-26H2,1H3. The summed E-state index contributed by atoms with van der Waals surface area (Å²) < 4.78 is 11.3. The zero-order valence-corrected chi connectivity index (χ0v) is 23.1. The molecule has 2 unspecified atom stereocenters. The van der Waals surface area contributed by atoms with Crippen LogP contribution in [0.2, 0.25) is 0 Å². The molecule has 208 valence electrons. The number of hydrogen-bond donors (Lipinski definition) is 2. The number of hydrogen-bond acceptors (Lipinski definition) is 5. The van der Waals surface area contributed by atoms with Gasteiger partial charge < -0.3 is 14.6 Å². The van der Waals surface area contributed by atoms with Crippen molar-refractivity contribution < 1.29 is 19.4 Å². The Kier molecular flexibility index (Phi) is 8.97. The van der Waals surface area contributed by atoms with Crippen molar-refractivity contribution in [2.45, 2.75) is 24.4 Å². The van der Waals surface area contributed by atoms with Crippen LogP contribution in [0.25, 0.3) is 0 Å². The maximum absolute atomic E-state index is 14.0. The van der Waals surface area contributed by atoms with Gasteiger partial charge >= 0.3 is 5.97 Å². The lowest BCUT2D eigenvalue weighted by Gasteiger charge is -2.39. The number of rotatable bonds is 11. The fourth-order valence-electron chi connectivity index (χ4n) is 5.35. The molecule has 0 aromatic heterocycles. The van der Waals surface area contributed by atoms with Crippen LogP contribution < -0.4 is 5.32 Å². The molecule has 5 nitrogen and oxygen atoms in total. The molecule has 1 aliphatic rings. The number of carbonyl (C=O) groups is 1. The van der Waals surface area contributed by atoms with E-state index in [9.17, 15) is 9.90 Å². The summed E-state index contributed by atoms with van der Waals surface area (Å²) in [6.45, 7) is 0.269. The molecule has 0 heterocycles. The second-order valence-electron chi connectivity index (χ2n) is 10.2. The average molecular weight is 546 g/mol. The molecule has 2 atom stereocenters. The third-order valence-corrected chi connectivity index (χ3v) is 7.50. The van der Waals surface area contributed by atoms with Crippen LogP contribution in [0.15, 0.2) is 139 Å². The zero-order chi connectivity index (χ0) is 28.5. The normalized spacial score (nSPS) is 15.5. The monoisotopic (exact) mass is 545 g/mol. The van der Waals surface area contributed by atoms with Crippen molar-refractivity contribution >= 4 is 5.97 Å². The lowest BCUT2D eigenvalue weighted by atomic mass is 9.76. The third kappa shape index (κ3) is 6.59. The Morgan fingerprint density at radius 1 is 0.854 bits per heavy atom. The Morgan fingerprint density at radius 2 is 1.39 bits per heavy atom. The van der Waals surface area contributed by atoms with E-state index >= 15 is 0 Å². The number of aromatic hydroxyl groups is 1.